The molecule has 0 aliphatic heterocycles. The topological polar surface area (TPSA) is 83.5 Å². The van der Waals surface area contributed by atoms with Crippen molar-refractivity contribution in [3.05, 3.63) is 29.8 Å². The highest BCUT2D eigenvalue weighted by molar-refractivity contribution is 5.99. The largest absolute Gasteiger partial charge is 0.481 e. The van der Waals surface area contributed by atoms with E-state index in [0.717, 1.165) is 0 Å². The predicted molar refractivity (Wildman–Crippen MR) is 71.1 cm³/mol. The van der Waals surface area contributed by atoms with Crippen LogP contribution in [0, 0.1) is 5.41 Å². The third-order valence-electron chi connectivity index (χ3n) is 2.71. The predicted octanol–water partition coefficient (Wildman–Crippen LogP) is 2.33. The number of amides is 1. The molecule has 2 N–H and O–H groups in total. The molecule has 0 unspecified atom stereocenters. The minimum absolute atomic E-state index is 0.0676. The third kappa shape index (κ3) is 4.21. The van der Waals surface area contributed by atoms with Gasteiger partial charge in [0.15, 0.2) is 5.78 Å². The van der Waals surface area contributed by atoms with E-state index in [-0.39, 0.29) is 18.1 Å². The Morgan fingerprint density at radius 3 is 2.11 bits per heavy atom. The van der Waals surface area contributed by atoms with Crippen molar-refractivity contribution in [1.29, 1.82) is 0 Å². The summed E-state index contributed by atoms with van der Waals surface area (Å²) < 4.78 is 0. The fraction of sp³-hybridized carbons (Fsp3) is 0.357. The molecule has 5 heteroatoms. The number of aliphatic carboxylic acids is 1. The summed E-state index contributed by atoms with van der Waals surface area (Å²) in [6.07, 6.45) is -0.0676. The molecule has 0 atom stereocenters. The monoisotopic (exact) mass is 263 g/mol. The lowest BCUT2D eigenvalue weighted by molar-refractivity contribution is -0.146. The molecule has 5 nitrogen and oxygen atoms in total. The van der Waals surface area contributed by atoms with Gasteiger partial charge in [0.25, 0.3) is 0 Å². The average Bonchev–Trinajstić information content (AvgIpc) is 2.28. The van der Waals surface area contributed by atoms with Gasteiger partial charge in [-0.25, -0.2) is 0 Å². The van der Waals surface area contributed by atoms with Gasteiger partial charge in [-0.1, -0.05) is 0 Å². The van der Waals surface area contributed by atoms with Crippen molar-refractivity contribution in [3.63, 3.8) is 0 Å². The number of benzene rings is 1. The molecule has 0 aliphatic rings. The van der Waals surface area contributed by atoms with E-state index in [0.29, 0.717) is 11.3 Å². The molecule has 0 saturated heterocycles. The van der Waals surface area contributed by atoms with Crippen LogP contribution in [0.4, 0.5) is 5.69 Å². The average molecular weight is 263 g/mol. The second kappa shape index (κ2) is 5.65. The molecule has 1 aromatic rings. The van der Waals surface area contributed by atoms with Gasteiger partial charge in [0.2, 0.25) is 5.91 Å². The van der Waals surface area contributed by atoms with Crippen molar-refractivity contribution in [2.24, 2.45) is 5.41 Å². The van der Waals surface area contributed by atoms with E-state index in [1.807, 2.05) is 0 Å². The SMILES string of the molecule is CC(=O)Nc1ccc(C(=O)CC(C)(C)C(=O)O)cc1. The van der Waals surface area contributed by atoms with Gasteiger partial charge in [-0.3, -0.25) is 14.4 Å². The summed E-state index contributed by atoms with van der Waals surface area (Å²) >= 11 is 0. The molecule has 19 heavy (non-hydrogen) atoms. The minimum atomic E-state index is -1.09. The fourth-order valence-corrected chi connectivity index (χ4v) is 1.52. The normalized spacial score (nSPS) is 10.9. The summed E-state index contributed by atoms with van der Waals surface area (Å²) in [6.45, 7) is 4.42. The second-order valence-corrected chi connectivity index (χ2v) is 5.05. The number of hydrogen-bond acceptors (Lipinski definition) is 3. The zero-order valence-electron chi connectivity index (χ0n) is 11.2. The van der Waals surface area contributed by atoms with Gasteiger partial charge in [-0.05, 0) is 38.1 Å². The van der Waals surface area contributed by atoms with Crippen LogP contribution in [-0.4, -0.2) is 22.8 Å². The van der Waals surface area contributed by atoms with Crippen LogP contribution in [0.5, 0.6) is 0 Å². The first-order chi connectivity index (χ1) is 8.72. The van der Waals surface area contributed by atoms with Crippen molar-refractivity contribution in [3.8, 4) is 0 Å². The molecule has 0 fully saturated rings. The summed E-state index contributed by atoms with van der Waals surface area (Å²) in [6, 6.07) is 6.38. The molecule has 0 bridgehead atoms. The number of carboxylic acid groups (broad SMARTS) is 1. The van der Waals surface area contributed by atoms with Crippen molar-refractivity contribution in [2.45, 2.75) is 27.2 Å². The maximum absolute atomic E-state index is 11.9. The third-order valence-corrected chi connectivity index (χ3v) is 2.71. The number of rotatable bonds is 5. The summed E-state index contributed by atoms with van der Waals surface area (Å²) in [4.78, 5) is 33.8. The molecule has 102 valence electrons. The quantitative estimate of drug-likeness (QED) is 0.798. The van der Waals surface area contributed by atoms with Gasteiger partial charge in [0.05, 0.1) is 5.41 Å². The highest BCUT2D eigenvalue weighted by Crippen LogP contribution is 2.23. The van der Waals surface area contributed by atoms with Gasteiger partial charge >= 0.3 is 5.97 Å². The summed E-state index contributed by atoms with van der Waals surface area (Å²) in [5.74, 6) is -1.43. The number of anilines is 1. The molecule has 0 heterocycles. The van der Waals surface area contributed by atoms with Gasteiger partial charge in [0, 0.05) is 24.6 Å². The molecule has 0 aliphatic carbocycles. The number of carboxylic acids is 1. The number of carbonyl (C=O) groups is 3. The van der Waals surface area contributed by atoms with Crippen LogP contribution < -0.4 is 5.32 Å². The van der Waals surface area contributed by atoms with Gasteiger partial charge in [0.1, 0.15) is 0 Å². The zero-order chi connectivity index (χ0) is 14.6. The van der Waals surface area contributed by atoms with Gasteiger partial charge in [-0.2, -0.15) is 0 Å². The van der Waals surface area contributed by atoms with E-state index in [9.17, 15) is 14.4 Å². The van der Waals surface area contributed by atoms with Crippen molar-refractivity contribution in [1.82, 2.24) is 0 Å². The lowest BCUT2D eigenvalue weighted by Gasteiger charge is -2.17. The molecule has 0 saturated carbocycles. The lowest BCUT2D eigenvalue weighted by Crippen LogP contribution is -2.26. The van der Waals surface area contributed by atoms with Crippen LogP contribution in [0.25, 0.3) is 0 Å². The maximum atomic E-state index is 11.9. The molecule has 1 rings (SSSR count). The van der Waals surface area contributed by atoms with E-state index in [4.69, 9.17) is 5.11 Å². The molecule has 0 spiro atoms. The molecule has 0 aromatic heterocycles. The highest BCUT2D eigenvalue weighted by Gasteiger charge is 2.30. The maximum Gasteiger partial charge on any atom is 0.309 e. The molecular weight excluding hydrogens is 246 g/mol. The van der Waals surface area contributed by atoms with E-state index in [1.54, 1.807) is 24.3 Å². The molecular formula is C14H17NO4. The first-order valence-electron chi connectivity index (χ1n) is 5.86. The van der Waals surface area contributed by atoms with Crippen LogP contribution >= 0.6 is 0 Å². The van der Waals surface area contributed by atoms with E-state index in [2.05, 4.69) is 5.32 Å². The number of Topliss-reactive ketones (excluding diaryl/α,β-unsaturated/α-hetero) is 1. The fourth-order valence-electron chi connectivity index (χ4n) is 1.52. The van der Waals surface area contributed by atoms with Crippen LogP contribution in [0.3, 0.4) is 0 Å². The van der Waals surface area contributed by atoms with E-state index >= 15 is 0 Å². The van der Waals surface area contributed by atoms with Crippen molar-refractivity contribution in [2.75, 3.05) is 5.32 Å². The van der Waals surface area contributed by atoms with Gasteiger partial charge in [-0.15, -0.1) is 0 Å². The van der Waals surface area contributed by atoms with Crippen LogP contribution in [-0.2, 0) is 9.59 Å². The summed E-state index contributed by atoms with van der Waals surface area (Å²) in [5, 5.41) is 11.6. The number of hydrogen-bond donors (Lipinski definition) is 2. The molecule has 1 aromatic carbocycles. The first-order valence-corrected chi connectivity index (χ1v) is 5.86. The zero-order valence-corrected chi connectivity index (χ0v) is 11.2. The Hall–Kier alpha value is -2.17. The number of carbonyl (C=O) groups excluding carboxylic acids is 2. The summed E-state index contributed by atoms with van der Waals surface area (Å²) in [5.41, 5.74) is -0.0575. The Labute approximate surface area is 111 Å². The lowest BCUT2D eigenvalue weighted by atomic mass is 9.86. The van der Waals surface area contributed by atoms with E-state index < -0.39 is 11.4 Å². The van der Waals surface area contributed by atoms with Crippen LogP contribution in [0.15, 0.2) is 24.3 Å². The number of nitrogens with one attached hydrogen (secondary N) is 1. The van der Waals surface area contributed by atoms with Crippen LogP contribution in [0.2, 0.25) is 0 Å². The Kier molecular flexibility index (Phi) is 4.43. The smallest absolute Gasteiger partial charge is 0.309 e. The Bertz CT molecular complexity index is 503. The molecule has 0 radical (unpaired) electrons. The molecule has 1 amide bonds. The number of ketones is 1. The first kappa shape index (κ1) is 14.9. The highest BCUT2D eigenvalue weighted by atomic mass is 16.4. The Morgan fingerprint density at radius 2 is 1.68 bits per heavy atom. The Balaban J connectivity index is 2.79. The van der Waals surface area contributed by atoms with Crippen molar-refractivity contribution >= 4 is 23.3 Å². The summed E-state index contributed by atoms with van der Waals surface area (Å²) in [7, 11) is 0. The van der Waals surface area contributed by atoms with E-state index in [1.165, 1.54) is 20.8 Å². The minimum Gasteiger partial charge on any atom is -0.481 e. The Morgan fingerprint density at radius 1 is 1.16 bits per heavy atom. The van der Waals surface area contributed by atoms with Crippen molar-refractivity contribution < 1.29 is 19.5 Å². The standard InChI is InChI=1S/C14H17NO4/c1-9(16)15-11-6-4-10(5-7-11)12(17)8-14(2,3)13(18)19/h4-7H,8H2,1-3H3,(H,15,16)(H,18,19). The second-order valence-electron chi connectivity index (χ2n) is 5.05. The van der Waals surface area contributed by atoms with Crippen LogP contribution in [0.1, 0.15) is 37.6 Å². The van der Waals surface area contributed by atoms with Gasteiger partial charge < -0.3 is 10.4 Å².